The van der Waals surface area contributed by atoms with Crippen LogP contribution in [-0.2, 0) is 4.79 Å². The van der Waals surface area contributed by atoms with Crippen LogP contribution in [-0.4, -0.2) is 25.2 Å². The number of hydrogen-bond donors (Lipinski definition) is 1. The van der Waals surface area contributed by atoms with E-state index in [1.807, 2.05) is 31.2 Å². The highest BCUT2D eigenvalue weighted by molar-refractivity contribution is 5.77. The summed E-state index contributed by atoms with van der Waals surface area (Å²) in [6.07, 6.45) is 3.09. The van der Waals surface area contributed by atoms with Gasteiger partial charge in [0, 0.05) is 6.04 Å². The van der Waals surface area contributed by atoms with Gasteiger partial charge in [-0.3, -0.25) is 4.79 Å². The van der Waals surface area contributed by atoms with E-state index < -0.39 is 0 Å². The molecule has 0 radical (unpaired) electrons. The summed E-state index contributed by atoms with van der Waals surface area (Å²) in [5.41, 5.74) is 0. The Morgan fingerprint density at radius 3 is 2.18 bits per heavy atom. The molecular formula is C18H29NO3. The van der Waals surface area contributed by atoms with Crippen molar-refractivity contribution in [3.63, 3.8) is 0 Å². The minimum absolute atomic E-state index is 0.0428. The SMILES string of the molecule is CCCOc1ccc(OCC(=O)NC(C)CCC(C)C)cc1. The Morgan fingerprint density at radius 2 is 1.64 bits per heavy atom. The molecule has 1 aromatic rings. The predicted molar refractivity (Wildman–Crippen MR) is 89.4 cm³/mol. The van der Waals surface area contributed by atoms with E-state index in [0.29, 0.717) is 18.3 Å². The zero-order chi connectivity index (χ0) is 16.4. The van der Waals surface area contributed by atoms with Crippen LogP contribution in [0.2, 0.25) is 0 Å². The lowest BCUT2D eigenvalue weighted by Crippen LogP contribution is -2.36. The summed E-state index contributed by atoms with van der Waals surface area (Å²) in [4.78, 5) is 11.8. The first-order valence-electron chi connectivity index (χ1n) is 8.16. The van der Waals surface area contributed by atoms with E-state index in [1.165, 1.54) is 0 Å². The quantitative estimate of drug-likeness (QED) is 0.715. The Hall–Kier alpha value is -1.71. The average Bonchev–Trinajstić information content (AvgIpc) is 2.50. The van der Waals surface area contributed by atoms with E-state index in [4.69, 9.17) is 9.47 Å². The van der Waals surface area contributed by atoms with Gasteiger partial charge in [0.05, 0.1) is 6.61 Å². The molecule has 0 aliphatic carbocycles. The second-order valence-electron chi connectivity index (χ2n) is 6.05. The van der Waals surface area contributed by atoms with Gasteiger partial charge >= 0.3 is 0 Å². The molecule has 0 aliphatic rings. The maximum atomic E-state index is 11.8. The van der Waals surface area contributed by atoms with E-state index in [0.717, 1.165) is 25.0 Å². The number of ether oxygens (including phenoxy) is 2. The van der Waals surface area contributed by atoms with Crippen LogP contribution in [0.15, 0.2) is 24.3 Å². The van der Waals surface area contributed by atoms with Gasteiger partial charge in [0.25, 0.3) is 5.91 Å². The molecule has 1 rings (SSSR count). The van der Waals surface area contributed by atoms with E-state index in [-0.39, 0.29) is 18.6 Å². The molecule has 1 unspecified atom stereocenters. The Balaban J connectivity index is 2.28. The van der Waals surface area contributed by atoms with Crippen LogP contribution in [0.3, 0.4) is 0 Å². The standard InChI is InChI=1S/C18H29NO3/c1-5-12-21-16-8-10-17(11-9-16)22-13-18(20)19-15(4)7-6-14(2)3/h8-11,14-15H,5-7,12-13H2,1-4H3,(H,19,20). The largest absolute Gasteiger partial charge is 0.494 e. The summed E-state index contributed by atoms with van der Waals surface area (Å²) >= 11 is 0. The summed E-state index contributed by atoms with van der Waals surface area (Å²) in [6, 6.07) is 7.53. The van der Waals surface area contributed by atoms with Crippen LogP contribution in [0.1, 0.15) is 47.0 Å². The summed E-state index contributed by atoms with van der Waals surface area (Å²) < 4.78 is 11.0. The van der Waals surface area contributed by atoms with Crippen molar-refractivity contribution in [2.24, 2.45) is 5.92 Å². The lowest BCUT2D eigenvalue weighted by atomic mass is 10.0. The molecule has 0 spiro atoms. The molecule has 1 aromatic carbocycles. The molecule has 1 amide bonds. The van der Waals surface area contributed by atoms with Crippen LogP contribution in [0, 0.1) is 5.92 Å². The van der Waals surface area contributed by atoms with Gasteiger partial charge in [-0.25, -0.2) is 0 Å². The smallest absolute Gasteiger partial charge is 0.258 e. The van der Waals surface area contributed by atoms with Gasteiger partial charge in [0.2, 0.25) is 0 Å². The van der Waals surface area contributed by atoms with E-state index in [9.17, 15) is 4.79 Å². The number of rotatable bonds is 10. The molecule has 1 atom stereocenters. The average molecular weight is 307 g/mol. The van der Waals surface area contributed by atoms with Gasteiger partial charge in [0.1, 0.15) is 11.5 Å². The Labute approximate surface area is 134 Å². The fourth-order valence-corrected chi connectivity index (χ4v) is 1.97. The third-order valence-corrected chi connectivity index (χ3v) is 3.25. The number of carbonyl (C=O) groups excluding carboxylic acids is 1. The van der Waals surface area contributed by atoms with Crippen molar-refractivity contribution in [3.8, 4) is 11.5 Å². The molecule has 1 N–H and O–H groups in total. The van der Waals surface area contributed by atoms with Gasteiger partial charge < -0.3 is 14.8 Å². The minimum atomic E-state index is -0.0810. The van der Waals surface area contributed by atoms with Crippen molar-refractivity contribution < 1.29 is 14.3 Å². The summed E-state index contributed by atoms with van der Waals surface area (Å²) in [7, 11) is 0. The first-order valence-corrected chi connectivity index (χ1v) is 8.16. The summed E-state index contributed by atoms with van der Waals surface area (Å²) in [6.45, 7) is 9.22. The van der Waals surface area contributed by atoms with E-state index in [1.54, 1.807) is 0 Å². The molecule has 0 bridgehead atoms. The summed E-state index contributed by atoms with van der Waals surface area (Å²) in [5.74, 6) is 2.07. The molecule has 0 aromatic heterocycles. The second-order valence-corrected chi connectivity index (χ2v) is 6.05. The lowest BCUT2D eigenvalue weighted by Gasteiger charge is -2.15. The monoisotopic (exact) mass is 307 g/mol. The fraction of sp³-hybridized carbons (Fsp3) is 0.611. The fourth-order valence-electron chi connectivity index (χ4n) is 1.97. The third kappa shape index (κ3) is 7.91. The van der Waals surface area contributed by atoms with Gasteiger partial charge in [-0.1, -0.05) is 20.8 Å². The number of carbonyl (C=O) groups is 1. The van der Waals surface area contributed by atoms with E-state index in [2.05, 4.69) is 26.1 Å². The highest BCUT2D eigenvalue weighted by Crippen LogP contribution is 2.17. The number of hydrogen-bond acceptors (Lipinski definition) is 3. The first kappa shape index (κ1) is 18.3. The molecular weight excluding hydrogens is 278 g/mol. The van der Waals surface area contributed by atoms with Crippen LogP contribution >= 0.6 is 0 Å². The Bertz CT molecular complexity index is 428. The van der Waals surface area contributed by atoms with Gasteiger partial charge in [-0.15, -0.1) is 0 Å². The number of amides is 1. The predicted octanol–water partition coefficient (Wildman–Crippen LogP) is 3.80. The molecule has 0 saturated heterocycles. The molecule has 124 valence electrons. The van der Waals surface area contributed by atoms with Crippen molar-refractivity contribution in [2.45, 2.75) is 53.0 Å². The summed E-state index contributed by atoms with van der Waals surface area (Å²) in [5, 5.41) is 2.96. The number of benzene rings is 1. The van der Waals surface area contributed by atoms with Crippen molar-refractivity contribution in [1.29, 1.82) is 0 Å². The zero-order valence-electron chi connectivity index (χ0n) is 14.2. The highest BCUT2D eigenvalue weighted by Gasteiger charge is 2.09. The topological polar surface area (TPSA) is 47.6 Å². The second kappa shape index (κ2) is 10.1. The van der Waals surface area contributed by atoms with Gasteiger partial charge in [-0.05, 0) is 56.4 Å². The Kier molecular flexibility index (Phi) is 8.41. The van der Waals surface area contributed by atoms with Gasteiger partial charge in [-0.2, -0.15) is 0 Å². The van der Waals surface area contributed by atoms with Crippen molar-refractivity contribution in [3.05, 3.63) is 24.3 Å². The zero-order valence-corrected chi connectivity index (χ0v) is 14.2. The van der Waals surface area contributed by atoms with Crippen LogP contribution in [0.25, 0.3) is 0 Å². The lowest BCUT2D eigenvalue weighted by molar-refractivity contribution is -0.123. The van der Waals surface area contributed by atoms with Crippen molar-refractivity contribution >= 4 is 5.91 Å². The van der Waals surface area contributed by atoms with Crippen LogP contribution in [0.4, 0.5) is 0 Å². The molecule has 0 heterocycles. The van der Waals surface area contributed by atoms with Crippen molar-refractivity contribution in [1.82, 2.24) is 5.32 Å². The Morgan fingerprint density at radius 1 is 1.05 bits per heavy atom. The number of nitrogens with one attached hydrogen (secondary N) is 1. The maximum absolute atomic E-state index is 11.8. The molecule has 0 saturated carbocycles. The maximum Gasteiger partial charge on any atom is 0.258 e. The van der Waals surface area contributed by atoms with Crippen LogP contribution in [0.5, 0.6) is 11.5 Å². The molecule has 22 heavy (non-hydrogen) atoms. The molecule has 4 heteroatoms. The first-order chi connectivity index (χ1) is 10.5. The molecule has 0 aliphatic heterocycles. The van der Waals surface area contributed by atoms with Crippen molar-refractivity contribution in [2.75, 3.05) is 13.2 Å². The molecule has 0 fully saturated rings. The van der Waals surface area contributed by atoms with E-state index >= 15 is 0 Å². The van der Waals surface area contributed by atoms with Crippen LogP contribution < -0.4 is 14.8 Å². The minimum Gasteiger partial charge on any atom is -0.494 e. The highest BCUT2D eigenvalue weighted by atomic mass is 16.5. The third-order valence-electron chi connectivity index (χ3n) is 3.25. The molecule has 4 nitrogen and oxygen atoms in total. The van der Waals surface area contributed by atoms with Gasteiger partial charge in [0.15, 0.2) is 6.61 Å². The normalized spacial score (nSPS) is 12.0.